The molecule has 226 valence electrons. The van der Waals surface area contributed by atoms with Crippen molar-refractivity contribution in [3.8, 4) is 11.5 Å². The van der Waals surface area contributed by atoms with Crippen molar-refractivity contribution in [2.24, 2.45) is 11.8 Å². The first-order valence-electron chi connectivity index (χ1n) is 13.2. The summed E-state index contributed by atoms with van der Waals surface area (Å²) in [6, 6.07) is 8.97. The third-order valence-electron chi connectivity index (χ3n) is 6.30. The third-order valence-corrected chi connectivity index (χ3v) is 6.67. The molecule has 1 fully saturated rings. The van der Waals surface area contributed by atoms with Gasteiger partial charge in [-0.1, -0.05) is 60.1 Å². The number of alkyl halides is 1. The van der Waals surface area contributed by atoms with Crippen molar-refractivity contribution in [3.05, 3.63) is 53.9 Å². The number of aromatic nitrogens is 1. The van der Waals surface area contributed by atoms with Gasteiger partial charge in [0.2, 0.25) is 5.75 Å². The summed E-state index contributed by atoms with van der Waals surface area (Å²) in [4.78, 5) is 68.0. The van der Waals surface area contributed by atoms with E-state index in [1.807, 2.05) is 18.2 Å². The first-order chi connectivity index (χ1) is 19.9. The molecule has 5 atom stereocenters. The van der Waals surface area contributed by atoms with Gasteiger partial charge in [0.15, 0.2) is 23.6 Å². The summed E-state index contributed by atoms with van der Waals surface area (Å²) in [6.45, 7) is 5.73. The second-order valence-electron chi connectivity index (χ2n) is 9.88. The second kappa shape index (κ2) is 14.8. The predicted molar refractivity (Wildman–Crippen MR) is 151 cm³/mol. The van der Waals surface area contributed by atoms with Crippen molar-refractivity contribution in [2.45, 2.75) is 57.2 Å². The Morgan fingerprint density at radius 3 is 2.38 bits per heavy atom. The van der Waals surface area contributed by atoms with Crippen LogP contribution in [-0.4, -0.2) is 71.6 Å². The van der Waals surface area contributed by atoms with Crippen molar-refractivity contribution in [3.63, 3.8) is 0 Å². The number of pyridine rings is 1. The van der Waals surface area contributed by atoms with Gasteiger partial charge in [-0.3, -0.25) is 19.2 Å². The van der Waals surface area contributed by atoms with Gasteiger partial charge in [-0.05, 0) is 25.8 Å². The zero-order valence-corrected chi connectivity index (χ0v) is 25.4. The zero-order valence-electron chi connectivity index (χ0n) is 23.8. The summed E-state index contributed by atoms with van der Waals surface area (Å²) >= 11 is 3.10. The Bertz CT molecular complexity index is 1300. The van der Waals surface area contributed by atoms with E-state index in [0.29, 0.717) is 0 Å². The van der Waals surface area contributed by atoms with Crippen LogP contribution in [0.3, 0.4) is 0 Å². The minimum Gasteiger partial charge on any atom is -0.493 e. The number of esters is 4. The predicted octanol–water partition coefficient (Wildman–Crippen LogP) is 2.79. The van der Waals surface area contributed by atoms with E-state index in [9.17, 15) is 24.0 Å². The summed E-state index contributed by atoms with van der Waals surface area (Å²) in [5.74, 6) is -5.64. The van der Waals surface area contributed by atoms with Crippen LogP contribution in [0.2, 0.25) is 0 Å². The molecule has 12 nitrogen and oxygen atoms in total. The van der Waals surface area contributed by atoms with Gasteiger partial charge in [0.1, 0.15) is 23.5 Å². The number of carbonyl (C=O) groups excluding carboxylic acids is 5. The minimum absolute atomic E-state index is 0.0484. The molecule has 0 radical (unpaired) electrons. The molecule has 1 amide bonds. The molecule has 0 spiro atoms. The van der Waals surface area contributed by atoms with Crippen LogP contribution in [0.1, 0.15) is 43.7 Å². The first-order valence-corrected chi connectivity index (χ1v) is 14.2. The van der Waals surface area contributed by atoms with Crippen molar-refractivity contribution >= 4 is 45.7 Å². The third kappa shape index (κ3) is 8.28. The number of nitrogens with zero attached hydrogens (tertiary/aromatic N) is 1. The molecule has 0 aliphatic carbocycles. The highest BCUT2D eigenvalue weighted by Gasteiger charge is 2.42. The Hall–Kier alpha value is -4.00. The van der Waals surface area contributed by atoms with Crippen molar-refractivity contribution < 1.29 is 47.7 Å². The lowest BCUT2D eigenvalue weighted by Gasteiger charge is -2.29. The molecular formula is C29H33BrN2O10. The molecule has 5 unspecified atom stereocenters. The fourth-order valence-corrected chi connectivity index (χ4v) is 4.10. The van der Waals surface area contributed by atoms with Gasteiger partial charge in [0, 0.05) is 12.3 Å². The summed E-state index contributed by atoms with van der Waals surface area (Å²) in [7, 11) is 1.32. The van der Waals surface area contributed by atoms with Gasteiger partial charge in [0.05, 0.1) is 13.0 Å². The summed E-state index contributed by atoms with van der Waals surface area (Å²) < 4.78 is 27.3. The van der Waals surface area contributed by atoms with E-state index in [1.54, 1.807) is 26.0 Å². The number of benzene rings is 1. The molecule has 0 bridgehead atoms. The second-order valence-corrected chi connectivity index (χ2v) is 11.3. The van der Waals surface area contributed by atoms with Crippen LogP contribution >= 0.6 is 15.9 Å². The molecule has 2 aromatic rings. The van der Waals surface area contributed by atoms with Crippen LogP contribution in [0.5, 0.6) is 11.5 Å². The Balaban J connectivity index is 1.90. The largest absolute Gasteiger partial charge is 0.493 e. The number of ether oxygens (including phenoxy) is 5. The lowest BCUT2D eigenvalue weighted by molar-refractivity contribution is -0.176. The van der Waals surface area contributed by atoms with Gasteiger partial charge >= 0.3 is 23.9 Å². The quantitative estimate of drug-likeness (QED) is 0.242. The van der Waals surface area contributed by atoms with Crippen molar-refractivity contribution in [1.29, 1.82) is 0 Å². The number of nitrogens with one attached hydrogen (secondary N) is 1. The van der Waals surface area contributed by atoms with Crippen LogP contribution in [0.25, 0.3) is 0 Å². The number of hydrogen-bond donors (Lipinski definition) is 1. The molecule has 3 rings (SSSR count). The smallest absolute Gasteiger partial charge is 0.332 e. The molecule has 42 heavy (non-hydrogen) atoms. The molecule has 1 saturated heterocycles. The van der Waals surface area contributed by atoms with Crippen LogP contribution in [0.15, 0.2) is 42.6 Å². The topological polar surface area (TPSA) is 156 Å². The van der Waals surface area contributed by atoms with E-state index in [0.717, 1.165) is 5.56 Å². The van der Waals surface area contributed by atoms with E-state index < -0.39 is 71.3 Å². The number of hydrogen-bond acceptors (Lipinski definition) is 11. The fourth-order valence-electron chi connectivity index (χ4n) is 4.01. The standard InChI is InChI=1S/C29H33BrN2O10/c1-15(2)26(34)41-23-17(4)40-29(37)20(14-39-28(36)19(23)13-18-9-7-6-8-10-18)32-25(33)22-24(42-27(35)16(3)30)21(38-5)11-12-31-22/h6-12,15-17,19-20,23H,13-14H2,1-5H3,(H,32,33). The van der Waals surface area contributed by atoms with Crippen molar-refractivity contribution in [2.75, 3.05) is 13.7 Å². The van der Waals surface area contributed by atoms with E-state index in [4.69, 9.17) is 23.7 Å². The van der Waals surface area contributed by atoms with E-state index in [-0.39, 0.29) is 23.6 Å². The molecule has 1 N–H and O–H groups in total. The highest BCUT2D eigenvalue weighted by molar-refractivity contribution is 9.10. The highest BCUT2D eigenvalue weighted by Crippen LogP contribution is 2.31. The van der Waals surface area contributed by atoms with E-state index in [2.05, 4.69) is 26.2 Å². The number of amides is 1. The van der Waals surface area contributed by atoms with Crippen LogP contribution in [-0.2, 0) is 39.8 Å². The molecule has 1 aliphatic heterocycles. The molecule has 1 aliphatic rings. The van der Waals surface area contributed by atoms with Gasteiger partial charge in [0.25, 0.3) is 5.91 Å². The van der Waals surface area contributed by atoms with Crippen molar-refractivity contribution in [1.82, 2.24) is 10.3 Å². The maximum Gasteiger partial charge on any atom is 0.332 e. The number of rotatable bonds is 9. The fraction of sp³-hybridized carbons (Fsp3) is 0.448. The molecule has 13 heteroatoms. The van der Waals surface area contributed by atoms with Gasteiger partial charge in [-0.15, -0.1) is 0 Å². The van der Waals surface area contributed by atoms with Gasteiger partial charge in [-0.2, -0.15) is 0 Å². The molecule has 1 aromatic carbocycles. The maximum absolute atomic E-state index is 13.4. The lowest BCUT2D eigenvalue weighted by atomic mass is 9.91. The molecular weight excluding hydrogens is 616 g/mol. The van der Waals surface area contributed by atoms with E-state index in [1.165, 1.54) is 33.2 Å². The average Bonchev–Trinajstić information content (AvgIpc) is 2.99. The molecule has 1 aromatic heterocycles. The van der Waals surface area contributed by atoms with Crippen LogP contribution < -0.4 is 14.8 Å². The first kappa shape index (κ1) is 32.5. The monoisotopic (exact) mass is 648 g/mol. The van der Waals surface area contributed by atoms with Gasteiger partial charge < -0.3 is 29.0 Å². The Morgan fingerprint density at radius 1 is 1.07 bits per heavy atom. The number of carbonyl (C=O) groups is 5. The Labute approximate surface area is 251 Å². The summed E-state index contributed by atoms with van der Waals surface area (Å²) in [6.07, 6.45) is -0.842. The normalized spacial score (nSPS) is 21.5. The average molecular weight is 649 g/mol. The number of cyclic esters (lactones) is 2. The van der Waals surface area contributed by atoms with E-state index >= 15 is 0 Å². The Morgan fingerprint density at radius 2 is 1.76 bits per heavy atom. The maximum atomic E-state index is 13.4. The molecule has 2 heterocycles. The summed E-state index contributed by atoms with van der Waals surface area (Å²) in [5.41, 5.74) is 0.422. The summed E-state index contributed by atoms with van der Waals surface area (Å²) in [5, 5.41) is 2.43. The minimum atomic E-state index is -1.47. The zero-order chi connectivity index (χ0) is 31.0. The molecule has 0 saturated carbocycles. The van der Waals surface area contributed by atoms with Gasteiger partial charge in [-0.25, -0.2) is 9.78 Å². The van der Waals surface area contributed by atoms with Crippen LogP contribution in [0.4, 0.5) is 0 Å². The SMILES string of the molecule is COc1ccnc(C(=O)NC2COC(=O)C(Cc3ccccc3)C(OC(=O)C(C)C)C(C)OC2=O)c1OC(=O)C(C)Br. The highest BCUT2D eigenvalue weighted by atomic mass is 79.9. The number of halogens is 1. The number of methoxy groups -OCH3 is 1. The Kier molecular flexibility index (Phi) is 11.4. The van der Waals surface area contributed by atoms with Crippen LogP contribution in [0, 0.1) is 11.8 Å². The lowest BCUT2D eigenvalue weighted by Crippen LogP contribution is -2.47.